The Morgan fingerprint density at radius 1 is 1.11 bits per heavy atom. The summed E-state index contributed by atoms with van der Waals surface area (Å²) in [7, 11) is 0. The molecule has 1 atom stereocenters. The van der Waals surface area contributed by atoms with Crippen molar-refractivity contribution < 1.29 is 19.1 Å². The molecule has 1 heterocycles. The molecule has 1 aliphatic rings. The van der Waals surface area contributed by atoms with E-state index in [1.54, 1.807) is 24.3 Å². The molecule has 156 valence electrons. The number of hydrogen-bond donors (Lipinski definition) is 1. The first-order chi connectivity index (χ1) is 13.5. The van der Waals surface area contributed by atoms with Gasteiger partial charge in [-0.05, 0) is 56.9 Å². The molecule has 6 nitrogen and oxygen atoms in total. The number of hydrogen-bond acceptors (Lipinski definition) is 4. The highest BCUT2D eigenvalue weighted by molar-refractivity contribution is 5.97. The lowest BCUT2D eigenvalue weighted by atomic mass is 9.97. The van der Waals surface area contributed by atoms with Crippen molar-refractivity contribution >= 4 is 17.5 Å². The van der Waals surface area contributed by atoms with E-state index in [0.29, 0.717) is 24.5 Å². The van der Waals surface area contributed by atoms with Gasteiger partial charge < -0.3 is 19.7 Å². The number of carbonyl (C=O) groups is 2. The van der Waals surface area contributed by atoms with Gasteiger partial charge in [-0.15, -0.1) is 0 Å². The molecule has 1 fully saturated rings. The van der Waals surface area contributed by atoms with Gasteiger partial charge >= 0.3 is 0 Å². The monoisotopic (exact) mass is 390 g/mol. The Morgan fingerprint density at radius 3 is 2.39 bits per heavy atom. The van der Waals surface area contributed by atoms with Crippen LogP contribution in [0.5, 0.6) is 5.75 Å². The van der Waals surface area contributed by atoms with Crippen LogP contribution in [0.3, 0.4) is 0 Å². The summed E-state index contributed by atoms with van der Waals surface area (Å²) in [6, 6.07) is 7.10. The fourth-order valence-corrected chi connectivity index (χ4v) is 3.19. The molecule has 0 aliphatic carbocycles. The van der Waals surface area contributed by atoms with Crippen molar-refractivity contribution in [3.05, 3.63) is 24.3 Å². The van der Waals surface area contributed by atoms with Crippen LogP contribution in [0.4, 0.5) is 5.69 Å². The number of anilines is 1. The van der Waals surface area contributed by atoms with E-state index in [-0.39, 0.29) is 18.4 Å². The lowest BCUT2D eigenvalue weighted by Gasteiger charge is -2.28. The summed E-state index contributed by atoms with van der Waals surface area (Å²) in [6.45, 7) is 8.25. The van der Waals surface area contributed by atoms with Crippen LogP contribution < -0.4 is 10.1 Å². The van der Waals surface area contributed by atoms with E-state index in [4.69, 9.17) is 9.47 Å². The number of likely N-dealkylation sites (tertiary alicyclic amines) is 1. The summed E-state index contributed by atoms with van der Waals surface area (Å²) < 4.78 is 11.5. The Bertz CT molecular complexity index is 616. The Balaban J connectivity index is 1.88. The third kappa shape index (κ3) is 6.51. The van der Waals surface area contributed by atoms with Crippen LogP contribution in [0.2, 0.25) is 0 Å². The van der Waals surface area contributed by atoms with Gasteiger partial charge in [-0.2, -0.15) is 0 Å². The predicted molar refractivity (Wildman–Crippen MR) is 111 cm³/mol. The lowest BCUT2D eigenvalue weighted by molar-refractivity contribution is -0.140. The number of unbranched alkanes of at least 4 members (excludes halogenated alkanes) is 1. The van der Waals surface area contributed by atoms with Crippen molar-refractivity contribution in [3.63, 3.8) is 0 Å². The van der Waals surface area contributed by atoms with Gasteiger partial charge in [0.2, 0.25) is 0 Å². The average molecular weight is 391 g/mol. The smallest absolute Gasteiger partial charge is 0.260 e. The molecule has 28 heavy (non-hydrogen) atoms. The number of carbonyl (C=O) groups excluding carboxylic acids is 2. The second kappa shape index (κ2) is 11.1. The average Bonchev–Trinajstić information content (AvgIpc) is 3.25. The van der Waals surface area contributed by atoms with Crippen molar-refractivity contribution in [2.75, 3.05) is 31.6 Å². The number of amides is 2. The largest absolute Gasteiger partial charge is 0.484 e. The molecule has 0 aromatic heterocycles. The van der Waals surface area contributed by atoms with Crippen molar-refractivity contribution in [1.82, 2.24) is 4.90 Å². The molecule has 1 aromatic rings. The van der Waals surface area contributed by atoms with Gasteiger partial charge in [-0.3, -0.25) is 9.59 Å². The van der Waals surface area contributed by atoms with Crippen molar-refractivity contribution in [2.45, 2.75) is 64.9 Å². The van der Waals surface area contributed by atoms with Gasteiger partial charge in [0.05, 0.1) is 0 Å². The molecular formula is C22H34N2O4. The van der Waals surface area contributed by atoms with Crippen LogP contribution in [-0.4, -0.2) is 48.6 Å². The lowest BCUT2D eigenvalue weighted by Crippen LogP contribution is -2.43. The SMILES string of the molecule is CCCC[C@@](C)(OCCC)C(=O)Nc1ccc(OCC(=O)N2CCCC2)cc1. The minimum absolute atomic E-state index is 0.0228. The highest BCUT2D eigenvalue weighted by Crippen LogP contribution is 2.23. The van der Waals surface area contributed by atoms with Gasteiger partial charge in [0, 0.05) is 25.4 Å². The molecule has 1 aromatic carbocycles. The van der Waals surface area contributed by atoms with Crippen LogP contribution in [0.25, 0.3) is 0 Å². The molecule has 0 radical (unpaired) electrons. The molecule has 0 bridgehead atoms. The van der Waals surface area contributed by atoms with E-state index in [9.17, 15) is 9.59 Å². The molecule has 0 unspecified atom stereocenters. The maximum Gasteiger partial charge on any atom is 0.260 e. The first-order valence-corrected chi connectivity index (χ1v) is 10.4. The maximum absolute atomic E-state index is 12.8. The Hall–Kier alpha value is -2.08. The first kappa shape index (κ1) is 22.2. The third-order valence-corrected chi connectivity index (χ3v) is 5.05. The topological polar surface area (TPSA) is 67.9 Å². The molecule has 2 amide bonds. The van der Waals surface area contributed by atoms with E-state index < -0.39 is 5.60 Å². The molecule has 6 heteroatoms. The quantitative estimate of drug-likeness (QED) is 0.620. The standard InChI is InChI=1S/C22H34N2O4/c1-4-6-13-22(3,28-16-5-2)21(26)23-18-9-11-19(12-10-18)27-17-20(25)24-14-7-8-15-24/h9-12H,4-8,13-17H2,1-3H3,(H,23,26)/t22-/m1/s1. The van der Waals surface area contributed by atoms with Gasteiger partial charge in [-0.1, -0.05) is 26.7 Å². The summed E-state index contributed by atoms with van der Waals surface area (Å²) in [4.78, 5) is 26.7. The van der Waals surface area contributed by atoms with Gasteiger partial charge in [0.1, 0.15) is 11.4 Å². The van der Waals surface area contributed by atoms with Gasteiger partial charge in [0.15, 0.2) is 6.61 Å². The third-order valence-electron chi connectivity index (χ3n) is 5.05. The van der Waals surface area contributed by atoms with Crippen molar-refractivity contribution in [2.24, 2.45) is 0 Å². The van der Waals surface area contributed by atoms with Crippen LogP contribution >= 0.6 is 0 Å². The zero-order valence-electron chi connectivity index (χ0n) is 17.5. The van der Waals surface area contributed by atoms with Gasteiger partial charge in [0.25, 0.3) is 11.8 Å². The second-order valence-corrected chi connectivity index (χ2v) is 7.54. The van der Waals surface area contributed by atoms with Crippen LogP contribution in [0.1, 0.15) is 59.3 Å². The number of nitrogens with zero attached hydrogens (tertiary/aromatic N) is 1. The number of benzene rings is 1. The van der Waals surface area contributed by atoms with E-state index >= 15 is 0 Å². The number of rotatable bonds is 11. The molecule has 1 aliphatic heterocycles. The fraction of sp³-hybridized carbons (Fsp3) is 0.636. The summed E-state index contributed by atoms with van der Waals surface area (Å²) in [5.41, 5.74) is -0.144. The highest BCUT2D eigenvalue weighted by atomic mass is 16.5. The Morgan fingerprint density at radius 2 is 1.79 bits per heavy atom. The van der Waals surface area contributed by atoms with Crippen LogP contribution in [-0.2, 0) is 14.3 Å². The molecule has 1 saturated heterocycles. The maximum atomic E-state index is 12.8. The van der Waals surface area contributed by atoms with Gasteiger partial charge in [-0.25, -0.2) is 0 Å². The van der Waals surface area contributed by atoms with Crippen molar-refractivity contribution in [1.29, 1.82) is 0 Å². The highest BCUT2D eigenvalue weighted by Gasteiger charge is 2.33. The number of nitrogens with one attached hydrogen (secondary N) is 1. The number of ether oxygens (including phenoxy) is 2. The minimum atomic E-state index is -0.830. The predicted octanol–water partition coefficient (Wildman–Crippen LogP) is 4.00. The normalized spacial score (nSPS) is 15.9. The zero-order chi connectivity index (χ0) is 20.4. The molecular weight excluding hydrogens is 356 g/mol. The molecule has 1 N–H and O–H groups in total. The summed E-state index contributed by atoms with van der Waals surface area (Å²) in [5, 5.41) is 2.94. The summed E-state index contributed by atoms with van der Waals surface area (Å²) in [6.07, 6.45) is 5.65. The van der Waals surface area contributed by atoms with E-state index in [2.05, 4.69) is 12.2 Å². The van der Waals surface area contributed by atoms with Crippen molar-refractivity contribution in [3.8, 4) is 5.75 Å². The summed E-state index contributed by atoms with van der Waals surface area (Å²) in [5.74, 6) is 0.503. The fourth-order valence-electron chi connectivity index (χ4n) is 3.19. The Kier molecular flexibility index (Phi) is 8.77. The molecule has 0 spiro atoms. The Labute approximate surface area is 168 Å². The summed E-state index contributed by atoms with van der Waals surface area (Å²) >= 11 is 0. The van der Waals surface area contributed by atoms with E-state index in [1.165, 1.54) is 0 Å². The first-order valence-electron chi connectivity index (χ1n) is 10.4. The second-order valence-electron chi connectivity index (χ2n) is 7.54. The van der Waals surface area contributed by atoms with E-state index in [0.717, 1.165) is 45.2 Å². The minimum Gasteiger partial charge on any atom is -0.484 e. The van der Waals surface area contributed by atoms with E-state index in [1.807, 2.05) is 18.7 Å². The van der Waals surface area contributed by atoms with Crippen LogP contribution in [0, 0.1) is 0 Å². The molecule has 2 rings (SSSR count). The zero-order valence-corrected chi connectivity index (χ0v) is 17.5. The van der Waals surface area contributed by atoms with Crippen LogP contribution in [0.15, 0.2) is 24.3 Å². The molecule has 0 saturated carbocycles.